The fourth-order valence-electron chi connectivity index (χ4n) is 2.18. The third-order valence-electron chi connectivity index (χ3n) is 3.23. The maximum Gasteiger partial charge on any atom is 0.338 e. The van der Waals surface area contributed by atoms with Crippen molar-refractivity contribution >= 4 is 28.7 Å². The van der Waals surface area contributed by atoms with Crippen LogP contribution in [0, 0.1) is 0 Å². The molecule has 1 heterocycles. The largest absolute Gasteiger partial charge is 0.478 e. The van der Waals surface area contributed by atoms with Crippen molar-refractivity contribution in [1.82, 2.24) is 4.98 Å². The minimum Gasteiger partial charge on any atom is -0.478 e. The van der Waals surface area contributed by atoms with Crippen LogP contribution in [0.4, 0.5) is 0 Å². The molecule has 0 bridgehead atoms. The fourth-order valence-corrected chi connectivity index (χ4v) is 2.30. The van der Waals surface area contributed by atoms with Crippen LogP contribution in [-0.4, -0.2) is 16.1 Å². The van der Waals surface area contributed by atoms with Crippen LogP contribution >= 0.6 is 11.6 Å². The number of rotatable bonds is 4. The molecule has 21 heavy (non-hydrogen) atoms. The summed E-state index contributed by atoms with van der Waals surface area (Å²) in [4.78, 5) is 15.4. The van der Waals surface area contributed by atoms with Crippen molar-refractivity contribution < 1.29 is 14.3 Å². The van der Waals surface area contributed by atoms with Gasteiger partial charge in [-0.15, -0.1) is 0 Å². The van der Waals surface area contributed by atoms with Crippen LogP contribution in [0.5, 0.6) is 0 Å². The molecule has 0 aliphatic heterocycles. The molecular weight excluding hydrogens is 290 g/mol. The van der Waals surface area contributed by atoms with Gasteiger partial charge in [0, 0.05) is 11.4 Å². The van der Waals surface area contributed by atoms with E-state index >= 15 is 0 Å². The lowest BCUT2D eigenvalue weighted by Crippen LogP contribution is -1.97. The predicted molar refractivity (Wildman–Crippen MR) is 79.8 cm³/mol. The molecule has 3 rings (SSSR count). The molecule has 0 amide bonds. The highest BCUT2D eigenvalue weighted by atomic mass is 35.5. The summed E-state index contributed by atoms with van der Waals surface area (Å²) in [5, 5.41) is 9.83. The molecule has 5 heteroatoms. The van der Waals surface area contributed by atoms with Gasteiger partial charge in [-0.25, -0.2) is 9.78 Å². The first-order chi connectivity index (χ1) is 10.1. The van der Waals surface area contributed by atoms with Gasteiger partial charge < -0.3 is 9.52 Å². The Balaban J connectivity index is 1.83. The number of oxazole rings is 1. The summed E-state index contributed by atoms with van der Waals surface area (Å²) in [6, 6.07) is 12.5. The summed E-state index contributed by atoms with van der Waals surface area (Å²) in [6.45, 7) is 0. The Morgan fingerprint density at radius 2 is 1.90 bits per heavy atom. The normalized spacial score (nSPS) is 10.9. The van der Waals surface area contributed by atoms with Crippen LogP contribution in [0.25, 0.3) is 11.1 Å². The number of carboxylic acid groups (broad SMARTS) is 1. The van der Waals surface area contributed by atoms with E-state index in [4.69, 9.17) is 21.1 Å². The average molecular weight is 302 g/mol. The molecule has 0 saturated carbocycles. The Labute approximate surface area is 126 Å². The zero-order chi connectivity index (χ0) is 14.8. The molecule has 2 aromatic carbocycles. The highest BCUT2D eigenvalue weighted by molar-refractivity contribution is 6.30. The molecule has 0 spiro atoms. The van der Waals surface area contributed by atoms with Crippen LogP contribution in [0.3, 0.4) is 0 Å². The first-order valence-corrected chi connectivity index (χ1v) is 6.87. The molecular formula is C16H12ClNO3. The molecule has 0 radical (unpaired) electrons. The van der Waals surface area contributed by atoms with Crippen molar-refractivity contribution in [2.24, 2.45) is 0 Å². The van der Waals surface area contributed by atoms with Crippen molar-refractivity contribution in [2.75, 3.05) is 0 Å². The average Bonchev–Trinajstić information content (AvgIpc) is 2.89. The van der Waals surface area contributed by atoms with E-state index in [0.29, 0.717) is 28.4 Å². The molecule has 1 aromatic heterocycles. The van der Waals surface area contributed by atoms with Gasteiger partial charge in [0.05, 0.1) is 5.56 Å². The Hall–Kier alpha value is -2.33. The van der Waals surface area contributed by atoms with E-state index in [2.05, 4.69) is 4.98 Å². The quantitative estimate of drug-likeness (QED) is 0.792. The number of aromatic nitrogens is 1. The Bertz CT molecular complexity index is 793. The maximum atomic E-state index is 11.1. The van der Waals surface area contributed by atoms with E-state index in [9.17, 15) is 4.79 Å². The zero-order valence-electron chi connectivity index (χ0n) is 11.0. The van der Waals surface area contributed by atoms with E-state index in [1.165, 1.54) is 6.07 Å². The molecule has 0 unspecified atom stereocenters. The smallest absolute Gasteiger partial charge is 0.338 e. The minimum absolute atomic E-state index is 0.161. The molecule has 0 aliphatic rings. The molecule has 4 nitrogen and oxygen atoms in total. The molecule has 1 N–H and O–H groups in total. The molecule has 106 valence electrons. The lowest BCUT2D eigenvalue weighted by atomic mass is 10.1. The molecule has 0 atom stereocenters. The molecule has 0 saturated heterocycles. The van der Waals surface area contributed by atoms with Crippen LogP contribution in [0.2, 0.25) is 5.02 Å². The number of aryl methyl sites for hydroxylation is 2. The van der Waals surface area contributed by atoms with Crippen molar-refractivity contribution in [3.63, 3.8) is 0 Å². The number of halogens is 1. The molecule has 0 fully saturated rings. The van der Waals surface area contributed by atoms with Gasteiger partial charge in [0.15, 0.2) is 11.5 Å². The van der Waals surface area contributed by atoms with E-state index in [-0.39, 0.29) is 5.56 Å². The predicted octanol–water partition coefficient (Wildman–Crippen LogP) is 3.96. The van der Waals surface area contributed by atoms with Gasteiger partial charge in [-0.3, -0.25) is 0 Å². The van der Waals surface area contributed by atoms with Gasteiger partial charge in [-0.2, -0.15) is 0 Å². The first kappa shape index (κ1) is 13.6. The molecule has 3 aromatic rings. The Morgan fingerprint density at radius 1 is 1.14 bits per heavy atom. The number of carboxylic acids is 1. The number of benzene rings is 2. The van der Waals surface area contributed by atoms with Gasteiger partial charge in [-0.1, -0.05) is 29.8 Å². The monoisotopic (exact) mass is 301 g/mol. The van der Waals surface area contributed by atoms with Gasteiger partial charge in [-0.05, 0) is 36.2 Å². The van der Waals surface area contributed by atoms with Crippen molar-refractivity contribution in [3.8, 4) is 0 Å². The van der Waals surface area contributed by atoms with Gasteiger partial charge in [0.25, 0.3) is 0 Å². The van der Waals surface area contributed by atoms with E-state index in [1.54, 1.807) is 12.1 Å². The Kier molecular flexibility index (Phi) is 3.62. The number of para-hydroxylation sites is 1. The summed E-state index contributed by atoms with van der Waals surface area (Å²) in [5.74, 6) is -0.466. The second-order valence-corrected chi connectivity index (χ2v) is 5.13. The number of nitrogens with zero attached hydrogens (tertiary/aromatic N) is 1. The van der Waals surface area contributed by atoms with Crippen LogP contribution in [0.1, 0.15) is 21.8 Å². The second kappa shape index (κ2) is 5.58. The van der Waals surface area contributed by atoms with Crippen LogP contribution < -0.4 is 0 Å². The second-order valence-electron chi connectivity index (χ2n) is 4.69. The summed E-state index contributed by atoms with van der Waals surface area (Å²) < 4.78 is 5.60. The lowest BCUT2D eigenvalue weighted by molar-refractivity contribution is 0.0699. The molecule has 0 aliphatic carbocycles. The van der Waals surface area contributed by atoms with E-state index < -0.39 is 5.97 Å². The number of hydrogen-bond acceptors (Lipinski definition) is 3. The fraction of sp³-hybridized carbons (Fsp3) is 0.125. The van der Waals surface area contributed by atoms with Gasteiger partial charge >= 0.3 is 5.97 Å². The topological polar surface area (TPSA) is 63.3 Å². The summed E-state index contributed by atoms with van der Waals surface area (Å²) >= 11 is 5.84. The van der Waals surface area contributed by atoms with Gasteiger partial charge in [0.2, 0.25) is 0 Å². The first-order valence-electron chi connectivity index (χ1n) is 6.49. The highest BCUT2D eigenvalue weighted by Gasteiger charge is 2.14. The highest BCUT2D eigenvalue weighted by Crippen LogP contribution is 2.21. The summed E-state index contributed by atoms with van der Waals surface area (Å²) in [7, 11) is 0. The van der Waals surface area contributed by atoms with Gasteiger partial charge in [0.1, 0.15) is 5.52 Å². The van der Waals surface area contributed by atoms with Crippen LogP contribution in [0.15, 0.2) is 46.9 Å². The maximum absolute atomic E-state index is 11.1. The number of carbonyl (C=O) groups is 1. The summed E-state index contributed by atoms with van der Waals surface area (Å²) in [6.07, 6.45) is 1.36. The van der Waals surface area contributed by atoms with Crippen molar-refractivity contribution in [3.05, 3.63) is 64.5 Å². The minimum atomic E-state index is -1.00. The SMILES string of the molecule is O=C(O)c1cccc2oc(CCc3ccc(Cl)cc3)nc12. The van der Waals surface area contributed by atoms with Crippen molar-refractivity contribution in [2.45, 2.75) is 12.8 Å². The standard InChI is InChI=1S/C16H12ClNO3/c17-11-7-4-10(5-8-11)6-9-14-18-15-12(16(19)20)2-1-3-13(15)21-14/h1-5,7-8H,6,9H2,(H,19,20). The van der Waals surface area contributed by atoms with E-state index in [0.717, 1.165) is 12.0 Å². The van der Waals surface area contributed by atoms with Crippen LogP contribution in [-0.2, 0) is 12.8 Å². The number of fused-ring (bicyclic) bond motifs is 1. The summed E-state index contributed by atoms with van der Waals surface area (Å²) in [5.41, 5.74) is 2.19. The lowest BCUT2D eigenvalue weighted by Gasteiger charge is -1.98. The zero-order valence-corrected chi connectivity index (χ0v) is 11.8. The Morgan fingerprint density at radius 3 is 2.62 bits per heavy atom. The number of aromatic carboxylic acids is 1. The van der Waals surface area contributed by atoms with E-state index in [1.807, 2.05) is 24.3 Å². The third-order valence-corrected chi connectivity index (χ3v) is 3.49. The van der Waals surface area contributed by atoms with Crippen molar-refractivity contribution in [1.29, 1.82) is 0 Å². The third kappa shape index (κ3) is 2.90. The number of hydrogen-bond donors (Lipinski definition) is 1.